The average molecular weight is 1030 g/mol. The first-order valence-corrected chi connectivity index (χ1v) is 23.2. The lowest BCUT2D eigenvalue weighted by atomic mass is 9.89. The van der Waals surface area contributed by atoms with Crippen molar-refractivity contribution in [2.24, 2.45) is 21.8 Å². The summed E-state index contributed by atoms with van der Waals surface area (Å²) in [4.78, 5) is 86.4. The number of pyridine rings is 2. The number of aliphatic imine (C=N–C) groups is 2. The van der Waals surface area contributed by atoms with Crippen LogP contribution >= 0.6 is 11.6 Å². The van der Waals surface area contributed by atoms with Gasteiger partial charge in [-0.15, -0.1) is 0 Å². The molecular formula is C45H48ClF3N8O13S. The second-order valence-electron chi connectivity index (χ2n) is 16.7. The molecule has 2 aliphatic rings. The van der Waals surface area contributed by atoms with Gasteiger partial charge in [-0.1, -0.05) is 46.2 Å². The van der Waals surface area contributed by atoms with E-state index in [1.54, 1.807) is 30.8 Å². The molecular weight excluding hydrogens is 985 g/mol. The average Bonchev–Trinajstić information content (AvgIpc) is 3.77. The number of carboxylic acid groups (broad SMARTS) is 2. The number of aryl methyl sites for hydroxylation is 1. The van der Waals surface area contributed by atoms with Gasteiger partial charge in [0.2, 0.25) is 10.0 Å². The highest BCUT2D eigenvalue weighted by molar-refractivity contribution is 7.89. The Morgan fingerprint density at radius 1 is 0.845 bits per heavy atom. The number of alkyl halides is 3. The summed E-state index contributed by atoms with van der Waals surface area (Å²) in [5.41, 5.74) is -2.28. The van der Waals surface area contributed by atoms with Crippen molar-refractivity contribution in [3.8, 4) is 11.5 Å². The number of hydrogen-bond acceptors (Lipinski definition) is 15. The summed E-state index contributed by atoms with van der Waals surface area (Å²) in [6.07, 6.45) is -0.117. The number of carboxylic acids is 2. The molecule has 21 nitrogen and oxygen atoms in total. The quantitative estimate of drug-likeness (QED) is 0.0656. The Morgan fingerprint density at radius 2 is 1.34 bits per heavy atom. The molecule has 0 saturated heterocycles. The number of amidine groups is 2. The highest BCUT2D eigenvalue weighted by Crippen LogP contribution is 2.37. The minimum Gasteiger partial charge on any atom is -0.478 e. The number of aromatic nitrogens is 2. The number of nitro groups is 1. The van der Waals surface area contributed by atoms with Gasteiger partial charge in [-0.25, -0.2) is 32.7 Å². The third-order valence-corrected chi connectivity index (χ3v) is 11.9. The number of hydrogen-bond donors (Lipinski definition) is 5. The van der Waals surface area contributed by atoms with Crippen molar-refractivity contribution < 1.29 is 70.2 Å². The maximum absolute atomic E-state index is 12.7. The van der Waals surface area contributed by atoms with E-state index in [0.717, 1.165) is 29.8 Å². The maximum Gasteiger partial charge on any atom is 0.416 e. The minimum atomic E-state index is -4.62. The zero-order valence-corrected chi connectivity index (χ0v) is 41.0. The predicted octanol–water partition coefficient (Wildman–Crippen LogP) is 6.60. The van der Waals surface area contributed by atoms with E-state index in [0.29, 0.717) is 30.4 Å². The van der Waals surface area contributed by atoms with Crippen molar-refractivity contribution in [1.29, 1.82) is 0 Å². The van der Waals surface area contributed by atoms with Crippen LogP contribution in [0.2, 0.25) is 5.02 Å². The van der Waals surface area contributed by atoms with Crippen molar-refractivity contribution in [2.45, 2.75) is 78.7 Å². The lowest BCUT2D eigenvalue weighted by Gasteiger charge is -2.21. The van der Waals surface area contributed by atoms with E-state index in [1.807, 2.05) is 34.6 Å². The standard InChI is InChI=1S/C15H10ClF3N2O6S.C15H19N3O4.C15H19N3O3/c1-28(25,26)20-14(22)10-7-9(3-4-12(10)21(23)24)27-13-5-2-8(6-11(13)16)15(17,18)19;1-8(2)15(3)14(21)17-12(18-15)11-10(13(19)20)5-9(6-16-11)7-22-4;1-5-9-6-10(13(19)20)11(16-7-9)12-17-14(21)15(4,18-12)8(2)3/h2-7H,1H3,(H,20,22);5-6,8H,7H2,1-4H3,(H,19,20)(H,17,18,21);6-8H,5H2,1-4H3,(H,19,20)(H,17,18,21). The summed E-state index contributed by atoms with van der Waals surface area (Å²) in [7, 11) is -2.48. The molecule has 0 bridgehead atoms. The second-order valence-corrected chi connectivity index (χ2v) is 18.8. The molecule has 5 N–H and O–H groups in total. The van der Waals surface area contributed by atoms with Crippen molar-refractivity contribution in [2.75, 3.05) is 13.4 Å². The molecule has 6 rings (SSSR count). The number of methoxy groups -OCH3 is 1. The first-order chi connectivity index (χ1) is 32.9. The number of rotatable bonds is 14. The summed E-state index contributed by atoms with van der Waals surface area (Å²) in [6, 6.07) is 8.14. The molecule has 2 atom stereocenters. The van der Waals surface area contributed by atoms with Gasteiger partial charge < -0.3 is 30.3 Å². The largest absolute Gasteiger partial charge is 0.478 e. The van der Waals surface area contributed by atoms with Crippen molar-refractivity contribution in [3.05, 3.63) is 121 Å². The fourth-order valence-electron chi connectivity index (χ4n) is 6.29. The topological polar surface area (TPSA) is 308 Å². The van der Waals surface area contributed by atoms with E-state index in [2.05, 4.69) is 30.6 Å². The lowest BCUT2D eigenvalue weighted by molar-refractivity contribution is -0.385. The number of amides is 3. The minimum absolute atomic E-state index is 0.00167. The van der Waals surface area contributed by atoms with Crippen LogP contribution in [0.4, 0.5) is 18.9 Å². The molecule has 0 saturated carbocycles. The van der Waals surface area contributed by atoms with E-state index in [4.69, 9.17) is 21.1 Å². The van der Waals surface area contributed by atoms with E-state index >= 15 is 0 Å². The second kappa shape index (κ2) is 22.1. The van der Waals surface area contributed by atoms with Crippen LogP contribution in [-0.2, 0) is 43.6 Å². The van der Waals surface area contributed by atoms with E-state index in [-0.39, 0.29) is 75.9 Å². The third-order valence-electron chi connectivity index (χ3n) is 11.0. The first-order valence-electron chi connectivity index (χ1n) is 21.0. The van der Waals surface area contributed by atoms with Gasteiger partial charge in [-0.2, -0.15) is 13.2 Å². The van der Waals surface area contributed by atoms with Gasteiger partial charge >= 0.3 is 18.1 Å². The number of halogens is 4. The van der Waals surface area contributed by atoms with Crippen molar-refractivity contribution in [3.63, 3.8) is 0 Å². The number of benzene rings is 2. The number of carbonyl (C=O) groups excluding carboxylic acids is 3. The Bertz CT molecular complexity index is 2970. The number of sulfonamides is 1. The smallest absolute Gasteiger partial charge is 0.416 e. The molecule has 0 fully saturated rings. The van der Waals surface area contributed by atoms with Crippen LogP contribution in [0, 0.1) is 22.0 Å². The highest BCUT2D eigenvalue weighted by atomic mass is 35.5. The maximum atomic E-state index is 12.7. The number of aromatic carboxylic acids is 2. The molecule has 3 amide bonds. The van der Waals surface area contributed by atoms with Crippen LogP contribution in [0.1, 0.15) is 108 Å². The molecule has 4 heterocycles. The van der Waals surface area contributed by atoms with Crippen molar-refractivity contribution >= 4 is 68.6 Å². The molecule has 0 spiro atoms. The number of ether oxygens (including phenoxy) is 2. The van der Waals surface area contributed by atoms with E-state index in [9.17, 15) is 65.9 Å². The van der Waals surface area contributed by atoms with Crippen LogP contribution in [0.3, 0.4) is 0 Å². The molecule has 26 heteroatoms. The Kier molecular flexibility index (Phi) is 17.5. The lowest BCUT2D eigenvalue weighted by Crippen LogP contribution is -2.41. The summed E-state index contributed by atoms with van der Waals surface area (Å²) in [5, 5.41) is 34.7. The summed E-state index contributed by atoms with van der Waals surface area (Å²) in [6.45, 7) is 13.2. The predicted molar refractivity (Wildman–Crippen MR) is 250 cm³/mol. The fraction of sp³-hybridized carbons (Fsp3) is 0.356. The summed E-state index contributed by atoms with van der Waals surface area (Å²) in [5.74, 6) is -3.97. The molecule has 2 aromatic heterocycles. The van der Waals surface area contributed by atoms with E-state index in [1.165, 1.54) is 19.4 Å². The Hall–Kier alpha value is -7.38. The van der Waals surface area contributed by atoms with Crippen LogP contribution < -0.4 is 20.1 Å². The van der Waals surface area contributed by atoms with E-state index < -0.39 is 71.9 Å². The number of nitro benzene ring substituents is 1. The third kappa shape index (κ3) is 13.5. The van der Waals surface area contributed by atoms with Crippen LogP contribution in [-0.4, -0.2) is 99.3 Å². The highest BCUT2D eigenvalue weighted by Gasteiger charge is 2.44. The number of nitrogens with one attached hydrogen (secondary N) is 3. The van der Waals surface area contributed by atoms with Gasteiger partial charge in [-0.05, 0) is 79.6 Å². The Labute approximate surface area is 409 Å². The van der Waals surface area contributed by atoms with Gasteiger partial charge in [0.1, 0.15) is 39.5 Å². The van der Waals surface area contributed by atoms with Gasteiger partial charge in [0, 0.05) is 31.6 Å². The SMILES string of the molecule is CCc1cnc(C2=NC(C)(C(C)C)C(=O)N2)c(C(=O)O)c1.COCc1cnc(C2=NC(C)(C(C)C)C(=O)N2)c(C(=O)O)c1.CS(=O)(=O)NC(=O)c1cc(Oc2ccc(C(F)(F)F)cc2Cl)ccc1[N+](=O)[O-]. The Morgan fingerprint density at radius 3 is 1.73 bits per heavy atom. The molecule has 0 radical (unpaired) electrons. The van der Waals surface area contributed by atoms with Gasteiger partial charge in [0.15, 0.2) is 11.7 Å². The van der Waals surface area contributed by atoms with Gasteiger partial charge in [0.05, 0.1) is 39.5 Å². The molecule has 0 aliphatic carbocycles. The molecule has 2 unspecified atom stereocenters. The molecule has 380 valence electrons. The molecule has 4 aromatic rings. The summed E-state index contributed by atoms with van der Waals surface area (Å²) >= 11 is 5.76. The van der Waals surface area contributed by atoms with Crippen LogP contribution in [0.25, 0.3) is 0 Å². The fourth-order valence-corrected chi connectivity index (χ4v) is 6.95. The molecule has 2 aliphatic heterocycles. The first kappa shape index (κ1) is 56.2. The summed E-state index contributed by atoms with van der Waals surface area (Å²) < 4.78 is 72.2. The van der Waals surface area contributed by atoms with Crippen LogP contribution in [0.15, 0.2) is 70.9 Å². The Balaban J connectivity index is 0.000000234. The molecule has 2 aromatic carbocycles. The van der Waals surface area contributed by atoms with Gasteiger partial charge in [-0.3, -0.25) is 34.5 Å². The normalized spacial score (nSPS) is 17.5. The van der Waals surface area contributed by atoms with Gasteiger partial charge in [0.25, 0.3) is 23.4 Å². The van der Waals surface area contributed by atoms with Crippen molar-refractivity contribution in [1.82, 2.24) is 25.3 Å². The zero-order chi connectivity index (χ0) is 53.6. The monoisotopic (exact) mass is 1030 g/mol. The molecule has 71 heavy (non-hydrogen) atoms. The van der Waals surface area contributed by atoms with Crippen LogP contribution in [0.5, 0.6) is 11.5 Å². The number of nitrogens with zero attached hydrogens (tertiary/aromatic N) is 5. The zero-order valence-electron chi connectivity index (χ0n) is 39.4. The number of carbonyl (C=O) groups is 5.